The number of fused-ring (bicyclic) bond motifs is 1. The number of rotatable bonds is 1. The van der Waals surface area contributed by atoms with Crippen molar-refractivity contribution in [3.63, 3.8) is 0 Å². The molecule has 1 spiro atoms. The molecule has 106 valence electrons. The molecule has 3 rings (SSSR count). The fourth-order valence-corrected chi connectivity index (χ4v) is 3.30. The van der Waals surface area contributed by atoms with Crippen molar-refractivity contribution in [3.05, 3.63) is 11.6 Å². The summed E-state index contributed by atoms with van der Waals surface area (Å²) in [5, 5.41) is 10.2. The average molecular weight is 268 g/mol. The van der Waals surface area contributed by atoms with Gasteiger partial charge in [-0.3, -0.25) is 0 Å². The molecule has 1 saturated carbocycles. The lowest BCUT2D eigenvalue weighted by atomic mass is 9.92. The van der Waals surface area contributed by atoms with E-state index in [2.05, 4.69) is 0 Å². The van der Waals surface area contributed by atoms with Crippen LogP contribution in [0.3, 0.4) is 0 Å². The monoisotopic (exact) mass is 268 g/mol. The van der Waals surface area contributed by atoms with Crippen LogP contribution < -0.4 is 0 Å². The van der Waals surface area contributed by atoms with Gasteiger partial charge in [0.25, 0.3) is 0 Å². The molecule has 1 N–H and O–H groups in total. The van der Waals surface area contributed by atoms with E-state index in [0.717, 1.165) is 25.7 Å². The zero-order valence-corrected chi connectivity index (χ0v) is 11.1. The Kier molecular flexibility index (Phi) is 3.37. The maximum absolute atomic E-state index is 11.6. The standard InChI is InChI=1S/C14H20O5/c1-17-13(16)9-7-10(15)12-11(8-9)18-14(19-12)5-3-2-4-6-14/h8,10-12,15H,2-7H2,1H3. The molecule has 19 heavy (non-hydrogen) atoms. The Labute approximate surface area is 112 Å². The van der Waals surface area contributed by atoms with Crippen LogP contribution >= 0.6 is 0 Å². The minimum absolute atomic E-state index is 0.271. The third kappa shape index (κ3) is 2.30. The molecule has 5 heteroatoms. The fraction of sp³-hybridized carbons (Fsp3) is 0.786. The molecule has 1 heterocycles. The molecule has 1 aliphatic heterocycles. The lowest BCUT2D eigenvalue weighted by Gasteiger charge is -2.32. The number of carbonyl (C=O) groups is 1. The molecule has 3 atom stereocenters. The van der Waals surface area contributed by atoms with Gasteiger partial charge in [-0.15, -0.1) is 0 Å². The second kappa shape index (κ2) is 4.89. The second-order valence-electron chi connectivity index (χ2n) is 5.59. The zero-order valence-electron chi connectivity index (χ0n) is 11.1. The van der Waals surface area contributed by atoms with Gasteiger partial charge in [0.1, 0.15) is 12.2 Å². The first-order valence-electron chi connectivity index (χ1n) is 6.96. The third-order valence-corrected chi connectivity index (χ3v) is 4.26. The molecule has 1 saturated heterocycles. The van der Waals surface area contributed by atoms with Crippen LogP contribution in [0.1, 0.15) is 38.5 Å². The first kappa shape index (κ1) is 13.1. The van der Waals surface area contributed by atoms with Gasteiger partial charge >= 0.3 is 5.97 Å². The highest BCUT2D eigenvalue weighted by atomic mass is 16.8. The van der Waals surface area contributed by atoms with Gasteiger partial charge < -0.3 is 19.3 Å². The number of aliphatic hydroxyl groups is 1. The summed E-state index contributed by atoms with van der Waals surface area (Å²) >= 11 is 0. The van der Waals surface area contributed by atoms with Crippen molar-refractivity contribution in [2.24, 2.45) is 0 Å². The van der Waals surface area contributed by atoms with Crippen molar-refractivity contribution < 1.29 is 24.1 Å². The average Bonchev–Trinajstić information content (AvgIpc) is 2.77. The van der Waals surface area contributed by atoms with Crippen LogP contribution in [0.15, 0.2) is 11.6 Å². The first-order valence-corrected chi connectivity index (χ1v) is 6.96. The van der Waals surface area contributed by atoms with E-state index in [4.69, 9.17) is 14.2 Å². The number of aliphatic hydroxyl groups excluding tert-OH is 1. The summed E-state index contributed by atoms with van der Waals surface area (Å²) in [6.45, 7) is 0. The summed E-state index contributed by atoms with van der Waals surface area (Å²) in [4.78, 5) is 11.6. The van der Waals surface area contributed by atoms with Crippen LogP contribution in [0.4, 0.5) is 0 Å². The molecule has 3 unspecified atom stereocenters. The Morgan fingerprint density at radius 3 is 2.79 bits per heavy atom. The lowest BCUT2D eigenvalue weighted by molar-refractivity contribution is -0.197. The van der Waals surface area contributed by atoms with Crippen LogP contribution in [0.5, 0.6) is 0 Å². The molecule has 2 fully saturated rings. The van der Waals surface area contributed by atoms with Gasteiger partial charge in [-0.1, -0.05) is 6.42 Å². The molecule has 3 aliphatic rings. The van der Waals surface area contributed by atoms with E-state index >= 15 is 0 Å². The van der Waals surface area contributed by atoms with Gasteiger partial charge in [-0.2, -0.15) is 0 Å². The minimum Gasteiger partial charge on any atom is -0.466 e. The van der Waals surface area contributed by atoms with Crippen molar-refractivity contribution in [3.8, 4) is 0 Å². The highest BCUT2D eigenvalue weighted by Gasteiger charge is 2.51. The molecule has 0 bridgehead atoms. The Hall–Kier alpha value is -0.910. The summed E-state index contributed by atoms with van der Waals surface area (Å²) in [5.74, 6) is -0.943. The molecular formula is C14H20O5. The second-order valence-corrected chi connectivity index (χ2v) is 5.59. The highest BCUT2D eigenvalue weighted by Crippen LogP contribution is 2.44. The van der Waals surface area contributed by atoms with Crippen molar-refractivity contribution in [1.29, 1.82) is 0 Å². The fourth-order valence-electron chi connectivity index (χ4n) is 3.30. The third-order valence-electron chi connectivity index (χ3n) is 4.26. The Bertz CT molecular complexity index is 397. The molecular weight excluding hydrogens is 248 g/mol. The predicted octanol–water partition coefficient (Wildman–Crippen LogP) is 1.29. The minimum atomic E-state index is -0.703. The number of hydrogen-bond acceptors (Lipinski definition) is 5. The van der Waals surface area contributed by atoms with E-state index in [0.29, 0.717) is 5.57 Å². The first-order chi connectivity index (χ1) is 9.13. The Balaban J connectivity index is 1.80. The zero-order chi connectivity index (χ0) is 13.5. The van der Waals surface area contributed by atoms with Crippen molar-refractivity contribution in [1.82, 2.24) is 0 Å². The van der Waals surface area contributed by atoms with Gasteiger partial charge in [-0.05, 0) is 18.9 Å². The Morgan fingerprint density at radius 2 is 2.11 bits per heavy atom. The maximum Gasteiger partial charge on any atom is 0.333 e. The quantitative estimate of drug-likeness (QED) is 0.726. The maximum atomic E-state index is 11.6. The highest BCUT2D eigenvalue weighted by molar-refractivity contribution is 5.88. The molecule has 0 aromatic heterocycles. The number of ether oxygens (including phenoxy) is 3. The normalized spacial score (nSPS) is 36.7. The van der Waals surface area contributed by atoms with Crippen LogP contribution in [0.2, 0.25) is 0 Å². The van der Waals surface area contributed by atoms with Crippen LogP contribution in [0.25, 0.3) is 0 Å². The van der Waals surface area contributed by atoms with Crippen molar-refractivity contribution >= 4 is 5.97 Å². The van der Waals surface area contributed by atoms with E-state index < -0.39 is 17.9 Å². The van der Waals surface area contributed by atoms with Crippen molar-refractivity contribution in [2.75, 3.05) is 7.11 Å². The van der Waals surface area contributed by atoms with E-state index in [1.165, 1.54) is 13.5 Å². The smallest absolute Gasteiger partial charge is 0.333 e. The number of esters is 1. The number of hydrogen-bond donors (Lipinski definition) is 1. The van der Waals surface area contributed by atoms with Crippen LogP contribution in [-0.2, 0) is 19.0 Å². The Morgan fingerprint density at radius 1 is 1.37 bits per heavy atom. The van der Waals surface area contributed by atoms with Crippen LogP contribution in [0, 0.1) is 0 Å². The van der Waals surface area contributed by atoms with Gasteiger partial charge in [0.2, 0.25) is 0 Å². The van der Waals surface area contributed by atoms with Gasteiger partial charge in [0.15, 0.2) is 5.79 Å². The van der Waals surface area contributed by atoms with E-state index in [-0.39, 0.29) is 18.6 Å². The van der Waals surface area contributed by atoms with Gasteiger partial charge in [0.05, 0.1) is 13.2 Å². The van der Waals surface area contributed by atoms with Crippen molar-refractivity contribution in [2.45, 2.75) is 62.6 Å². The van der Waals surface area contributed by atoms with Gasteiger partial charge in [0, 0.05) is 24.8 Å². The summed E-state index contributed by atoms with van der Waals surface area (Å²) in [5.41, 5.74) is 0.479. The molecule has 0 aromatic rings. The SMILES string of the molecule is COC(=O)C1=CC2OC3(CCCCC3)OC2C(O)C1. The van der Waals surface area contributed by atoms with Crippen LogP contribution in [-0.4, -0.2) is 42.3 Å². The summed E-state index contributed by atoms with van der Waals surface area (Å²) in [6.07, 6.45) is 5.75. The lowest BCUT2D eigenvalue weighted by Crippen LogP contribution is -2.39. The van der Waals surface area contributed by atoms with E-state index in [1.807, 2.05) is 0 Å². The van der Waals surface area contributed by atoms with E-state index in [1.54, 1.807) is 6.08 Å². The topological polar surface area (TPSA) is 65.0 Å². The summed E-state index contributed by atoms with van der Waals surface area (Å²) in [6, 6.07) is 0. The molecule has 5 nitrogen and oxygen atoms in total. The molecule has 2 aliphatic carbocycles. The number of methoxy groups -OCH3 is 1. The summed E-state index contributed by atoms with van der Waals surface area (Å²) in [7, 11) is 1.34. The van der Waals surface area contributed by atoms with E-state index in [9.17, 15) is 9.90 Å². The molecule has 0 aromatic carbocycles. The largest absolute Gasteiger partial charge is 0.466 e. The molecule has 0 amide bonds. The predicted molar refractivity (Wildman–Crippen MR) is 66.3 cm³/mol. The molecule has 0 radical (unpaired) electrons. The van der Waals surface area contributed by atoms with Gasteiger partial charge in [-0.25, -0.2) is 4.79 Å². The number of carbonyl (C=O) groups excluding carboxylic acids is 1. The summed E-state index contributed by atoms with van der Waals surface area (Å²) < 4.78 is 16.7.